The van der Waals surface area contributed by atoms with E-state index < -0.39 is 18.7 Å². The van der Waals surface area contributed by atoms with Crippen LogP contribution in [0.4, 0.5) is 14.5 Å². The summed E-state index contributed by atoms with van der Waals surface area (Å²) in [7, 11) is 0. The average molecular weight is 611 g/mol. The fraction of sp³-hybridized carbons (Fsp3) is 0.345. The number of ether oxygens (including phenoxy) is 3. The number of halogens is 4. The molecule has 2 aromatic carbocycles. The van der Waals surface area contributed by atoms with Gasteiger partial charge in [0, 0.05) is 31.0 Å². The van der Waals surface area contributed by atoms with E-state index in [9.17, 15) is 18.4 Å². The van der Waals surface area contributed by atoms with E-state index in [-0.39, 0.29) is 35.7 Å². The number of aryl methyl sites for hydroxylation is 1. The van der Waals surface area contributed by atoms with Gasteiger partial charge in [-0.15, -0.1) is 0 Å². The van der Waals surface area contributed by atoms with E-state index in [1.165, 1.54) is 13.0 Å². The highest BCUT2D eigenvalue weighted by molar-refractivity contribution is 6.35. The second-order valence-electron chi connectivity index (χ2n) is 9.53. The Balaban J connectivity index is 0.00000462. The molecule has 1 aliphatic carbocycles. The van der Waals surface area contributed by atoms with Gasteiger partial charge in [0.15, 0.2) is 23.9 Å². The van der Waals surface area contributed by atoms with Crippen LogP contribution in [-0.2, 0) is 27.2 Å². The number of carbonyl (C=O) groups is 2. The zero-order chi connectivity index (χ0) is 28.6. The zero-order valence-electron chi connectivity index (χ0n) is 22.2. The molecule has 1 heterocycles. The van der Waals surface area contributed by atoms with E-state index >= 15 is 0 Å². The molecule has 0 radical (unpaired) electrons. The number of hydrogen-bond donors (Lipinski definition) is 1. The number of nitrogens with one attached hydrogen (secondary N) is 2. The molecule has 220 valence electrons. The summed E-state index contributed by atoms with van der Waals surface area (Å²) in [6.45, 7) is -1.22. The van der Waals surface area contributed by atoms with Crippen molar-refractivity contribution in [2.75, 3.05) is 11.9 Å². The highest BCUT2D eigenvalue weighted by Gasteiger charge is 2.26. The Morgan fingerprint density at radius 1 is 1.05 bits per heavy atom. The molecule has 0 bridgehead atoms. The van der Waals surface area contributed by atoms with Gasteiger partial charge in [0.1, 0.15) is 16.1 Å². The van der Waals surface area contributed by atoms with Crippen LogP contribution in [0.25, 0.3) is 0 Å². The van der Waals surface area contributed by atoms with Gasteiger partial charge >= 0.3 is 12.6 Å². The second kappa shape index (κ2) is 15.0. The number of pyridine rings is 1. The predicted molar refractivity (Wildman–Crippen MR) is 148 cm³/mol. The first-order valence-corrected chi connectivity index (χ1v) is 13.5. The summed E-state index contributed by atoms with van der Waals surface area (Å²) in [5.41, 5.74) is 2.62. The van der Waals surface area contributed by atoms with Crippen LogP contribution in [0.1, 0.15) is 49.0 Å². The number of benzene rings is 2. The first-order chi connectivity index (χ1) is 19.2. The number of esters is 1. The summed E-state index contributed by atoms with van der Waals surface area (Å²) in [6.07, 6.45) is 4.96. The van der Waals surface area contributed by atoms with E-state index in [0.29, 0.717) is 45.8 Å². The lowest BCUT2D eigenvalue weighted by Gasteiger charge is -2.21. The van der Waals surface area contributed by atoms with Crippen molar-refractivity contribution in [1.82, 2.24) is 0 Å². The highest BCUT2D eigenvalue weighted by Crippen LogP contribution is 2.37. The number of alkyl halides is 2. The molecule has 1 atom stereocenters. The molecule has 3 N–H and O–H groups in total. The summed E-state index contributed by atoms with van der Waals surface area (Å²) in [6, 6.07) is 11.6. The van der Waals surface area contributed by atoms with Crippen LogP contribution in [0.15, 0.2) is 54.9 Å². The van der Waals surface area contributed by atoms with Crippen molar-refractivity contribution in [3.63, 3.8) is 0 Å². The van der Waals surface area contributed by atoms with Crippen molar-refractivity contribution >= 4 is 40.8 Å². The predicted octanol–water partition coefficient (Wildman–Crippen LogP) is 6.44. The van der Waals surface area contributed by atoms with E-state index in [1.54, 1.807) is 36.7 Å². The molecule has 8 nitrogen and oxygen atoms in total. The minimum Gasteiger partial charge on any atom is -0.870 e. The molecule has 1 aliphatic rings. The van der Waals surface area contributed by atoms with Crippen molar-refractivity contribution in [1.29, 1.82) is 0 Å². The molecule has 1 fully saturated rings. The largest absolute Gasteiger partial charge is 0.870 e. The van der Waals surface area contributed by atoms with Crippen molar-refractivity contribution < 1.29 is 43.0 Å². The van der Waals surface area contributed by atoms with Gasteiger partial charge in [-0.25, -0.2) is 4.98 Å². The molecular weight excluding hydrogens is 581 g/mol. The third kappa shape index (κ3) is 9.84. The number of H-pyrrole nitrogens is 1. The van der Waals surface area contributed by atoms with Gasteiger partial charge in [0.25, 0.3) is 0 Å². The summed E-state index contributed by atoms with van der Waals surface area (Å²) < 4.78 is 42.4. The van der Waals surface area contributed by atoms with Gasteiger partial charge in [0.05, 0.1) is 6.61 Å². The zero-order valence-corrected chi connectivity index (χ0v) is 23.7. The van der Waals surface area contributed by atoms with Crippen LogP contribution >= 0.6 is 23.2 Å². The highest BCUT2D eigenvalue weighted by atomic mass is 35.5. The van der Waals surface area contributed by atoms with Crippen LogP contribution < -0.4 is 19.8 Å². The third-order valence-electron chi connectivity index (χ3n) is 6.28. The fourth-order valence-electron chi connectivity index (χ4n) is 4.03. The molecule has 41 heavy (non-hydrogen) atoms. The van der Waals surface area contributed by atoms with Crippen LogP contribution in [0.5, 0.6) is 11.5 Å². The number of carbonyl (C=O) groups excluding carboxylic acids is 2. The molecule has 4 rings (SSSR count). The maximum absolute atomic E-state index is 13.0. The van der Waals surface area contributed by atoms with Crippen LogP contribution in [0, 0.1) is 5.92 Å². The van der Waals surface area contributed by atoms with Gasteiger partial charge in [-0.1, -0.05) is 41.4 Å². The molecular formula is C29H30Cl2F2N2O6. The van der Waals surface area contributed by atoms with Gasteiger partial charge in [-0.3, -0.25) is 9.59 Å². The number of rotatable bonds is 13. The summed E-state index contributed by atoms with van der Waals surface area (Å²) in [5.74, 6) is -0.226. The van der Waals surface area contributed by atoms with Gasteiger partial charge in [-0.2, -0.15) is 8.78 Å². The SMILES string of the molecule is CC(=O)Nc1ccc(CCC(=O)O[C@@H](Cc2c(Cl)c[nH+]cc2Cl)c2ccc(OC(F)F)c(OCC3CC3)c2)cc1.[OH-]. The maximum atomic E-state index is 13.0. The molecule has 3 aromatic rings. The molecule has 0 spiro atoms. The van der Waals surface area contributed by atoms with Crippen molar-refractivity contribution in [3.05, 3.63) is 81.6 Å². The van der Waals surface area contributed by atoms with Crippen LogP contribution in [-0.4, -0.2) is 30.6 Å². The Hall–Kier alpha value is -3.47. The molecule has 1 aromatic heterocycles. The van der Waals surface area contributed by atoms with E-state index in [4.69, 9.17) is 32.7 Å². The topological polar surface area (TPSA) is 118 Å². The van der Waals surface area contributed by atoms with Gasteiger partial charge in [-0.05, 0) is 60.6 Å². The second-order valence-corrected chi connectivity index (χ2v) is 10.3. The molecule has 0 aliphatic heterocycles. The van der Waals surface area contributed by atoms with Crippen LogP contribution in [0.3, 0.4) is 0 Å². The molecule has 12 heteroatoms. The monoisotopic (exact) mass is 610 g/mol. The smallest absolute Gasteiger partial charge is 0.387 e. The standard InChI is InChI=1S/C29H28Cl2F2N2O5.H2O/c1-17(36)35-21-8-4-18(5-9-21)6-11-28(37)39-26(13-22-23(30)14-34-15-24(22)31)20-7-10-25(40-29(32)33)27(12-20)38-16-19-2-3-19;/h4-5,7-10,12,14-15,19,26,29H,2-3,6,11,13,16H2,1H3,(H,35,36);1H2/t26-;/m0./s1. The van der Waals surface area contributed by atoms with Gasteiger partial charge < -0.3 is 25.0 Å². The molecule has 1 amide bonds. The molecule has 0 saturated heterocycles. The normalized spacial score (nSPS) is 13.2. The Morgan fingerprint density at radius 2 is 1.73 bits per heavy atom. The number of anilines is 1. The lowest BCUT2D eigenvalue weighted by molar-refractivity contribution is -0.377. The van der Waals surface area contributed by atoms with E-state index in [2.05, 4.69) is 15.0 Å². The molecule has 0 unspecified atom stereocenters. The summed E-state index contributed by atoms with van der Waals surface area (Å²) in [5, 5.41) is 3.41. The first kappa shape index (κ1) is 32.0. The number of hydrogen-bond acceptors (Lipinski definition) is 6. The van der Waals surface area contributed by atoms with Crippen molar-refractivity contribution in [2.45, 2.75) is 51.7 Å². The Bertz CT molecular complexity index is 1320. The first-order valence-electron chi connectivity index (χ1n) is 12.8. The average Bonchev–Trinajstić information content (AvgIpc) is 3.73. The molecule has 1 saturated carbocycles. The fourth-order valence-corrected chi connectivity index (χ4v) is 4.56. The van der Waals surface area contributed by atoms with Crippen LogP contribution in [0.2, 0.25) is 10.0 Å². The minimum absolute atomic E-state index is 0. The van der Waals surface area contributed by atoms with E-state index in [0.717, 1.165) is 18.4 Å². The number of amides is 1. The lowest BCUT2D eigenvalue weighted by atomic mass is 10.0. The van der Waals surface area contributed by atoms with Gasteiger partial charge in [0.2, 0.25) is 5.91 Å². The maximum Gasteiger partial charge on any atom is 0.387 e. The minimum atomic E-state index is -3.02. The summed E-state index contributed by atoms with van der Waals surface area (Å²) >= 11 is 12.8. The third-order valence-corrected chi connectivity index (χ3v) is 6.95. The van der Waals surface area contributed by atoms with E-state index in [1.807, 2.05) is 12.1 Å². The number of aromatic nitrogens is 1. The Labute approximate surface area is 246 Å². The lowest BCUT2D eigenvalue weighted by Crippen LogP contribution is -2.16. The summed E-state index contributed by atoms with van der Waals surface area (Å²) in [4.78, 5) is 27.1. The Morgan fingerprint density at radius 3 is 2.34 bits per heavy atom. The van der Waals surface area contributed by atoms with Crippen molar-refractivity contribution in [3.8, 4) is 11.5 Å². The quantitative estimate of drug-likeness (QED) is 0.222. The number of aromatic amines is 1. The van der Waals surface area contributed by atoms with Crippen molar-refractivity contribution in [2.24, 2.45) is 5.92 Å². The Kier molecular flexibility index (Phi) is 11.7.